The molecule has 0 saturated heterocycles. The number of hydrogen-bond acceptors (Lipinski definition) is 5. The molecule has 110 valence electrons. The number of nitro groups is 1. The Bertz CT molecular complexity index is 677. The third-order valence-electron chi connectivity index (χ3n) is 4.29. The van der Waals surface area contributed by atoms with Crippen LogP contribution in [-0.4, -0.2) is 29.2 Å². The van der Waals surface area contributed by atoms with Gasteiger partial charge in [-0.2, -0.15) is 0 Å². The zero-order valence-electron chi connectivity index (χ0n) is 11.8. The van der Waals surface area contributed by atoms with Gasteiger partial charge in [0.2, 0.25) is 0 Å². The Morgan fingerprint density at radius 3 is 2.81 bits per heavy atom. The summed E-state index contributed by atoms with van der Waals surface area (Å²) in [5.74, 6) is 0. The molecule has 1 fully saturated rings. The van der Waals surface area contributed by atoms with Crippen LogP contribution in [0.15, 0.2) is 30.6 Å². The summed E-state index contributed by atoms with van der Waals surface area (Å²) < 4.78 is 5.58. The number of ether oxygens (including phenoxy) is 1. The molecule has 0 atom stereocenters. The molecule has 0 spiro atoms. The number of benzene rings is 1. The maximum Gasteiger partial charge on any atom is 0.277 e. The summed E-state index contributed by atoms with van der Waals surface area (Å²) >= 11 is 0. The van der Waals surface area contributed by atoms with Crippen molar-refractivity contribution < 1.29 is 9.66 Å². The van der Waals surface area contributed by atoms with Crippen molar-refractivity contribution in [3.8, 4) is 0 Å². The molecule has 1 aliphatic rings. The van der Waals surface area contributed by atoms with E-state index in [-0.39, 0.29) is 16.2 Å². The van der Waals surface area contributed by atoms with E-state index >= 15 is 0 Å². The van der Waals surface area contributed by atoms with Crippen LogP contribution in [0.3, 0.4) is 0 Å². The lowest BCUT2D eigenvalue weighted by atomic mass is 9.80. The van der Waals surface area contributed by atoms with Crippen molar-refractivity contribution in [1.29, 1.82) is 0 Å². The highest BCUT2D eigenvalue weighted by Crippen LogP contribution is 2.36. The summed E-state index contributed by atoms with van der Waals surface area (Å²) in [6.45, 7) is 0.700. The minimum atomic E-state index is -0.366. The van der Waals surface area contributed by atoms with E-state index in [0.29, 0.717) is 11.9 Å². The molecule has 6 heteroatoms. The minimum absolute atomic E-state index is 0.100. The molecule has 1 aromatic heterocycles. The van der Waals surface area contributed by atoms with Gasteiger partial charge in [0.1, 0.15) is 0 Å². The zero-order chi connectivity index (χ0) is 14.9. The van der Waals surface area contributed by atoms with E-state index in [0.717, 1.165) is 23.9 Å². The summed E-state index contributed by atoms with van der Waals surface area (Å²) in [4.78, 5) is 14.8. The standard InChI is InChI=1S/C15H17N3O3/c1-21-15(6-2-7-15)10-17-13-3-4-14(18(19)20)11-5-8-16-9-12(11)13/h3-5,8-9,17H,2,6-7,10H2,1H3. The first-order valence-electron chi connectivity index (χ1n) is 6.95. The lowest BCUT2D eigenvalue weighted by molar-refractivity contribution is -0.383. The number of nitrogens with zero attached hydrogens (tertiary/aromatic N) is 2. The van der Waals surface area contributed by atoms with Crippen LogP contribution in [0, 0.1) is 10.1 Å². The molecule has 2 aromatic rings. The zero-order valence-corrected chi connectivity index (χ0v) is 11.8. The number of fused-ring (bicyclic) bond motifs is 1. The molecular weight excluding hydrogens is 270 g/mol. The van der Waals surface area contributed by atoms with Gasteiger partial charge in [-0.25, -0.2) is 0 Å². The van der Waals surface area contributed by atoms with Crippen LogP contribution in [-0.2, 0) is 4.74 Å². The van der Waals surface area contributed by atoms with Crippen molar-refractivity contribution in [1.82, 2.24) is 4.98 Å². The predicted molar refractivity (Wildman–Crippen MR) is 80.5 cm³/mol. The van der Waals surface area contributed by atoms with Gasteiger partial charge in [0.15, 0.2) is 0 Å². The monoisotopic (exact) mass is 287 g/mol. The number of pyridine rings is 1. The summed E-state index contributed by atoms with van der Waals surface area (Å²) in [5.41, 5.74) is 0.853. The average molecular weight is 287 g/mol. The van der Waals surface area contributed by atoms with Crippen molar-refractivity contribution in [2.75, 3.05) is 19.0 Å². The summed E-state index contributed by atoms with van der Waals surface area (Å²) in [5, 5.41) is 15.8. The lowest BCUT2D eigenvalue weighted by Gasteiger charge is -2.40. The number of anilines is 1. The van der Waals surface area contributed by atoms with Gasteiger partial charge in [-0.1, -0.05) is 0 Å². The third-order valence-corrected chi connectivity index (χ3v) is 4.29. The molecule has 1 N–H and O–H groups in total. The first-order valence-corrected chi connectivity index (χ1v) is 6.95. The molecule has 0 radical (unpaired) electrons. The molecule has 21 heavy (non-hydrogen) atoms. The quantitative estimate of drug-likeness (QED) is 0.675. The smallest absolute Gasteiger partial charge is 0.277 e. The largest absolute Gasteiger partial charge is 0.382 e. The van der Waals surface area contributed by atoms with Gasteiger partial charge >= 0.3 is 0 Å². The van der Waals surface area contributed by atoms with E-state index in [1.807, 2.05) is 0 Å². The van der Waals surface area contributed by atoms with E-state index < -0.39 is 0 Å². The highest BCUT2D eigenvalue weighted by atomic mass is 16.6. The number of methoxy groups -OCH3 is 1. The number of non-ortho nitro benzene ring substituents is 1. The van der Waals surface area contributed by atoms with Crippen LogP contribution in [0.5, 0.6) is 0 Å². The van der Waals surface area contributed by atoms with Crippen LogP contribution in [0.4, 0.5) is 11.4 Å². The van der Waals surface area contributed by atoms with Gasteiger partial charge in [-0.15, -0.1) is 0 Å². The fraction of sp³-hybridized carbons (Fsp3) is 0.400. The number of rotatable bonds is 5. The van der Waals surface area contributed by atoms with Gasteiger partial charge in [-0.3, -0.25) is 15.1 Å². The topological polar surface area (TPSA) is 77.3 Å². The fourth-order valence-electron chi connectivity index (χ4n) is 2.77. The van der Waals surface area contributed by atoms with Crippen LogP contribution in [0.1, 0.15) is 19.3 Å². The van der Waals surface area contributed by atoms with Crippen LogP contribution < -0.4 is 5.32 Å². The van der Waals surface area contributed by atoms with Crippen molar-refractivity contribution in [2.45, 2.75) is 24.9 Å². The fourth-order valence-corrected chi connectivity index (χ4v) is 2.77. The molecule has 0 amide bonds. The molecule has 0 bridgehead atoms. The Labute approximate surface area is 122 Å². The highest BCUT2D eigenvalue weighted by Gasteiger charge is 2.36. The number of nitro benzene ring substituents is 1. The first-order chi connectivity index (χ1) is 10.2. The van der Waals surface area contributed by atoms with E-state index in [2.05, 4.69) is 10.3 Å². The van der Waals surface area contributed by atoms with Gasteiger partial charge in [0.25, 0.3) is 5.69 Å². The number of hydrogen-bond donors (Lipinski definition) is 1. The normalized spacial score (nSPS) is 16.4. The number of aromatic nitrogens is 1. The Hall–Kier alpha value is -2.21. The van der Waals surface area contributed by atoms with Crippen molar-refractivity contribution >= 4 is 22.1 Å². The van der Waals surface area contributed by atoms with Gasteiger partial charge in [-0.05, 0) is 31.4 Å². The molecular formula is C15H17N3O3. The predicted octanol–water partition coefficient (Wildman–Crippen LogP) is 3.12. The van der Waals surface area contributed by atoms with Crippen LogP contribution >= 0.6 is 0 Å². The van der Waals surface area contributed by atoms with E-state index in [9.17, 15) is 10.1 Å². The molecule has 1 aromatic carbocycles. The minimum Gasteiger partial charge on any atom is -0.382 e. The second kappa shape index (κ2) is 5.29. The molecule has 1 aliphatic carbocycles. The van der Waals surface area contributed by atoms with Crippen molar-refractivity contribution in [3.63, 3.8) is 0 Å². The highest BCUT2D eigenvalue weighted by molar-refractivity contribution is 5.99. The van der Waals surface area contributed by atoms with E-state index in [1.54, 1.807) is 31.6 Å². The maximum absolute atomic E-state index is 11.1. The van der Waals surface area contributed by atoms with E-state index in [1.165, 1.54) is 12.5 Å². The maximum atomic E-state index is 11.1. The molecule has 1 saturated carbocycles. The summed E-state index contributed by atoms with van der Waals surface area (Å²) in [7, 11) is 1.73. The molecule has 6 nitrogen and oxygen atoms in total. The number of nitrogens with one attached hydrogen (secondary N) is 1. The van der Waals surface area contributed by atoms with E-state index in [4.69, 9.17) is 4.74 Å². The van der Waals surface area contributed by atoms with Gasteiger partial charge < -0.3 is 10.1 Å². The SMILES string of the molecule is COC1(CNc2ccc([N+](=O)[O-])c3ccncc23)CCC1. The first kappa shape index (κ1) is 13.8. The molecule has 1 heterocycles. The van der Waals surface area contributed by atoms with Crippen molar-refractivity contribution in [2.24, 2.45) is 0 Å². The lowest BCUT2D eigenvalue weighted by Crippen LogP contribution is -2.45. The average Bonchev–Trinajstić information content (AvgIpc) is 2.46. The summed E-state index contributed by atoms with van der Waals surface area (Å²) in [6.07, 6.45) is 6.49. The molecule has 0 unspecified atom stereocenters. The Morgan fingerprint density at radius 2 is 2.19 bits per heavy atom. The third kappa shape index (κ3) is 2.42. The second-order valence-electron chi connectivity index (χ2n) is 5.40. The summed E-state index contributed by atoms with van der Waals surface area (Å²) in [6, 6.07) is 4.95. The van der Waals surface area contributed by atoms with Gasteiger partial charge in [0, 0.05) is 43.2 Å². The molecule has 3 rings (SSSR count). The Kier molecular flexibility index (Phi) is 3.47. The second-order valence-corrected chi connectivity index (χ2v) is 5.40. The van der Waals surface area contributed by atoms with Gasteiger partial charge in [0.05, 0.1) is 15.9 Å². The molecule has 0 aliphatic heterocycles. The van der Waals surface area contributed by atoms with Crippen LogP contribution in [0.2, 0.25) is 0 Å². The van der Waals surface area contributed by atoms with Crippen LogP contribution in [0.25, 0.3) is 10.8 Å². The van der Waals surface area contributed by atoms with Crippen molar-refractivity contribution in [3.05, 3.63) is 40.7 Å². The Morgan fingerprint density at radius 1 is 1.38 bits per heavy atom. The Balaban J connectivity index is 1.93.